The van der Waals surface area contributed by atoms with E-state index in [4.69, 9.17) is 23.2 Å². The van der Waals surface area contributed by atoms with E-state index in [2.05, 4.69) is 14.4 Å². The molecular weight excluding hydrogens is 535 g/mol. The van der Waals surface area contributed by atoms with E-state index in [1.807, 2.05) is 0 Å². The highest BCUT2D eigenvalue weighted by Crippen LogP contribution is 2.35. The summed E-state index contributed by atoms with van der Waals surface area (Å²) in [6.07, 6.45) is 4.16. The van der Waals surface area contributed by atoms with Crippen molar-refractivity contribution in [2.75, 3.05) is 24.4 Å². The van der Waals surface area contributed by atoms with E-state index in [-0.39, 0.29) is 34.4 Å². The molecule has 1 aliphatic heterocycles. The number of nitrogens with one attached hydrogen (secondary N) is 3. The molecule has 0 spiro atoms. The molecule has 13 heteroatoms. The van der Waals surface area contributed by atoms with Crippen LogP contribution in [-0.2, 0) is 24.8 Å². The van der Waals surface area contributed by atoms with Gasteiger partial charge in [-0.1, -0.05) is 23.2 Å². The van der Waals surface area contributed by atoms with Crippen LogP contribution in [0.1, 0.15) is 25.7 Å². The van der Waals surface area contributed by atoms with Crippen LogP contribution in [0.5, 0.6) is 0 Å². The van der Waals surface area contributed by atoms with Gasteiger partial charge in [-0.2, -0.15) is 0 Å². The predicted molar refractivity (Wildman–Crippen MR) is 136 cm³/mol. The van der Waals surface area contributed by atoms with Gasteiger partial charge in [-0.3, -0.25) is 9.52 Å². The molecule has 1 aromatic heterocycles. The van der Waals surface area contributed by atoms with Crippen molar-refractivity contribution < 1.29 is 21.6 Å². The number of hydrogen-bond acceptors (Lipinski definition) is 5. The second-order valence-corrected chi connectivity index (χ2v) is 12.4. The molecular formula is C22H24Cl2N4O5S2. The Hall–Kier alpha value is -2.31. The number of rotatable bonds is 9. The standard InChI is InChI=1S/C22H24Cl2N4O5S2/c23-17-9-10-19(22-21(17)18(24)14-25-22)27-35(32,33)16-7-5-15(6-8-16)34(30,31)26-11-3-4-20(29)28-12-1-2-13-28/h5-10,14,25-27H,1-4,11-13H2. The normalized spacial score (nSPS) is 14.5. The molecule has 0 bridgehead atoms. The third-order valence-electron chi connectivity index (χ3n) is 5.74. The number of sulfonamides is 2. The number of aromatic nitrogens is 1. The van der Waals surface area contributed by atoms with Crippen LogP contribution in [-0.4, -0.2) is 52.3 Å². The van der Waals surface area contributed by atoms with Crippen molar-refractivity contribution in [3.8, 4) is 0 Å². The third-order valence-corrected chi connectivity index (χ3v) is 9.21. The van der Waals surface area contributed by atoms with Gasteiger partial charge in [0.2, 0.25) is 15.9 Å². The number of carbonyl (C=O) groups is 1. The van der Waals surface area contributed by atoms with E-state index in [0.29, 0.717) is 27.4 Å². The Balaban J connectivity index is 1.40. The smallest absolute Gasteiger partial charge is 0.261 e. The largest absolute Gasteiger partial charge is 0.358 e. The van der Waals surface area contributed by atoms with E-state index in [0.717, 1.165) is 25.9 Å². The molecule has 0 unspecified atom stereocenters. The van der Waals surface area contributed by atoms with Gasteiger partial charge in [0.15, 0.2) is 0 Å². The van der Waals surface area contributed by atoms with E-state index in [1.54, 1.807) is 4.90 Å². The topological polar surface area (TPSA) is 128 Å². The summed E-state index contributed by atoms with van der Waals surface area (Å²) in [4.78, 5) is 16.6. The Kier molecular flexibility index (Phi) is 7.62. The number of fused-ring (bicyclic) bond motifs is 1. The number of hydrogen-bond donors (Lipinski definition) is 3. The summed E-state index contributed by atoms with van der Waals surface area (Å²) in [6, 6.07) is 7.89. The Morgan fingerprint density at radius 1 is 0.914 bits per heavy atom. The minimum Gasteiger partial charge on any atom is -0.358 e. The first-order chi connectivity index (χ1) is 16.6. The van der Waals surface area contributed by atoms with Crippen molar-refractivity contribution >= 4 is 65.7 Å². The first-order valence-corrected chi connectivity index (χ1v) is 14.7. The third kappa shape index (κ3) is 5.75. The maximum absolute atomic E-state index is 12.9. The van der Waals surface area contributed by atoms with Gasteiger partial charge in [-0.05, 0) is 55.7 Å². The summed E-state index contributed by atoms with van der Waals surface area (Å²) in [5, 5.41) is 1.22. The zero-order chi connectivity index (χ0) is 25.2. The molecule has 3 aromatic rings. The van der Waals surface area contributed by atoms with Gasteiger partial charge in [0.1, 0.15) is 0 Å². The lowest BCUT2D eigenvalue weighted by molar-refractivity contribution is -0.130. The highest BCUT2D eigenvalue weighted by molar-refractivity contribution is 7.92. The first kappa shape index (κ1) is 25.8. The van der Waals surface area contributed by atoms with Crippen LogP contribution in [0.2, 0.25) is 10.0 Å². The molecule has 1 amide bonds. The lowest BCUT2D eigenvalue weighted by Crippen LogP contribution is -2.29. The molecule has 0 radical (unpaired) electrons. The predicted octanol–water partition coefficient (Wildman–Crippen LogP) is 3.96. The lowest BCUT2D eigenvalue weighted by atomic mass is 10.2. The average Bonchev–Trinajstić information content (AvgIpc) is 3.49. The summed E-state index contributed by atoms with van der Waals surface area (Å²) in [6.45, 7) is 1.63. The van der Waals surface area contributed by atoms with Crippen molar-refractivity contribution in [3.63, 3.8) is 0 Å². The number of halogens is 2. The summed E-state index contributed by atoms with van der Waals surface area (Å²) in [5.41, 5.74) is 0.677. The molecule has 1 aliphatic rings. The molecule has 0 saturated carbocycles. The molecule has 2 heterocycles. The van der Waals surface area contributed by atoms with Crippen molar-refractivity contribution in [2.24, 2.45) is 0 Å². The Morgan fingerprint density at radius 2 is 1.54 bits per heavy atom. The zero-order valence-electron chi connectivity index (χ0n) is 18.6. The molecule has 3 N–H and O–H groups in total. The Bertz CT molecular complexity index is 1450. The summed E-state index contributed by atoms with van der Waals surface area (Å²) in [5.74, 6) is 0.0309. The number of likely N-dealkylation sites (tertiary alicyclic amines) is 1. The summed E-state index contributed by atoms with van der Waals surface area (Å²) in [7, 11) is -7.88. The van der Waals surface area contributed by atoms with Crippen LogP contribution in [0.4, 0.5) is 5.69 Å². The minimum atomic E-state index is -4.02. The van der Waals surface area contributed by atoms with Gasteiger partial charge in [0, 0.05) is 37.6 Å². The number of nitrogens with zero attached hydrogens (tertiary/aromatic N) is 1. The van der Waals surface area contributed by atoms with Gasteiger partial charge >= 0.3 is 0 Å². The molecule has 1 saturated heterocycles. The fraction of sp³-hybridized carbons (Fsp3) is 0.318. The molecule has 2 aromatic carbocycles. The maximum Gasteiger partial charge on any atom is 0.261 e. The van der Waals surface area contributed by atoms with E-state index in [1.165, 1.54) is 42.6 Å². The Morgan fingerprint density at radius 3 is 2.20 bits per heavy atom. The first-order valence-electron chi connectivity index (χ1n) is 10.9. The summed E-state index contributed by atoms with van der Waals surface area (Å²) >= 11 is 12.3. The SMILES string of the molecule is O=C(CCCNS(=O)(=O)c1ccc(S(=O)(=O)Nc2ccc(Cl)c3c(Cl)c[nH]c23)cc1)N1CCCC1. The molecule has 0 atom stereocenters. The molecule has 0 aliphatic carbocycles. The zero-order valence-corrected chi connectivity index (χ0v) is 21.7. The van der Waals surface area contributed by atoms with E-state index >= 15 is 0 Å². The monoisotopic (exact) mass is 558 g/mol. The quantitative estimate of drug-likeness (QED) is 0.342. The van der Waals surface area contributed by atoms with Crippen LogP contribution in [0.15, 0.2) is 52.4 Å². The van der Waals surface area contributed by atoms with Crippen LogP contribution >= 0.6 is 23.2 Å². The van der Waals surface area contributed by atoms with Crippen LogP contribution in [0.3, 0.4) is 0 Å². The van der Waals surface area contributed by atoms with Crippen molar-refractivity contribution in [1.29, 1.82) is 0 Å². The van der Waals surface area contributed by atoms with Gasteiger partial charge in [-0.25, -0.2) is 21.6 Å². The molecule has 1 fully saturated rings. The average molecular weight is 559 g/mol. The number of amides is 1. The van der Waals surface area contributed by atoms with Crippen LogP contribution in [0, 0.1) is 0 Å². The highest BCUT2D eigenvalue weighted by Gasteiger charge is 2.21. The molecule has 188 valence electrons. The second kappa shape index (κ2) is 10.4. The molecule has 35 heavy (non-hydrogen) atoms. The number of anilines is 1. The van der Waals surface area contributed by atoms with Gasteiger partial charge in [0.05, 0.1) is 31.0 Å². The van der Waals surface area contributed by atoms with Gasteiger partial charge in [-0.15, -0.1) is 0 Å². The van der Waals surface area contributed by atoms with Crippen molar-refractivity contribution in [1.82, 2.24) is 14.6 Å². The van der Waals surface area contributed by atoms with Crippen molar-refractivity contribution in [2.45, 2.75) is 35.5 Å². The maximum atomic E-state index is 12.9. The Labute approximate surface area is 213 Å². The minimum absolute atomic E-state index is 0.0309. The van der Waals surface area contributed by atoms with E-state index < -0.39 is 20.0 Å². The highest BCUT2D eigenvalue weighted by atomic mass is 35.5. The van der Waals surface area contributed by atoms with Gasteiger partial charge in [0.25, 0.3) is 10.0 Å². The fourth-order valence-corrected chi connectivity index (χ4v) is 6.61. The van der Waals surface area contributed by atoms with Crippen LogP contribution in [0.25, 0.3) is 10.9 Å². The number of carbonyl (C=O) groups excluding carboxylic acids is 1. The lowest BCUT2D eigenvalue weighted by Gasteiger charge is -2.15. The van der Waals surface area contributed by atoms with E-state index in [9.17, 15) is 21.6 Å². The van der Waals surface area contributed by atoms with Crippen molar-refractivity contribution in [3.05, 3.63) is 52.6 Å². The fourth-order valence-electron chi connectivity index (χ4n) is 3.91. The number of H-pyrrole nitrogens is 1. The van der Waals surface area contributed by atoms with Gasteiger partial charge < -0.3 is 9.88 Å². The molecule has 4 rings (SSSR count). The van der Waals surface area contributed by atoms with Crippen LogP contribution < -0.4 is 9.44 Å². The number of benzene rings is 2. The second-order valence-electron chi connectivity index (χ2n) is 8.15. The summed E-state index contributed by atoms with van der Waals surface area (Å²) < 4.78 is 55.8. The number of aromatic amines is 1. The molecule has 9 nitrogen and oxygen atoms in total.